The highest BCUT2D eigenvalue weighted by Gasteiger charge is 2.51. The summed E-state index contributed by atoms with van der Waals surface area (Å²) in [6, 6.07) is 12.3. The van der Waals surface area contributed by atoms with Crippen LogP contribution in [0, 0.1) is 25.5 Å². The number of rotatable bonds is 6. The summed E-state index contributed by atoms with van der Waals surface area (Å²) in [4.78, 5) is 40.0. The number of aryl methyl sites for hydroxylation is 1. The molecule has 3 aromatic rings. The van der Waals surface area contributed by atoms with Crippen LogP contribution in [0.4, 0.5) is 13.6 Å². The van der Waals surface area contributed by atoms with Crippen LogP contribution in [0.15, 0.2) is 54.6 Å². The van der Waals surface area contributed by atoms with Crippen molar-refractivity contribution < 1.29 is 23.2 Å². The molecule has 1 aliphatic heterocycles. The number of halogens is 2. The fourth-order valence-electron chi connectivity index (χ4n) is 4.43. The van der Waals surface area contributed by atoms with Crippen LogP contribution in [0.25, 0.3) is 5.69 Å². The number of hydrogen-bond donors (Lipinski definition) is 1. The minimum Gasteiger partial charge on any atom is -0.319 e. The number of aromatic nitrogens is 1. The lowest BCUT2D eigenvalue weighted by Gasteiger charge is -2.25. The summed E-state index contributed by atoms with van der Waals surface area (Å²) in [7, 11) is 0. The fourth-order valence-corrected chi connectivity index (χ4v) is 4.43. The molecule has 1 saturated heterocycles. The number of urea groups is 1. The molecule has 170 valence electrons. The topological polar surface area (TPSA) is 71.4 Å². The zero-order valence-corrected chi connectivity index (χ0v) is 18.5. The maximum Gasteiger partial charge on any atom is 0.325 e. The predicted molar refractivity (Wildman–Crippen MR) is 118 cm³/mol. The van der Waals surface area contributed by atoms with E-state index in [4.69, 9.17) is 0 Å². The number of nitrogens with one attached hydrogen (secondary N) is 1. The van der Waals surface area contributed by atoms with E-state index in [1.54, 1.807) is 43.5 Å². The summed E-state index contributed by atoms with van der Waals surface area (Å²) >= 11 is 0. The first-order valence-electron chi connectivity index (χ1n) is 10.6. The minimum absolute atomic E-state index is 0.238. The minimum atomic E-state index is -1.36. The Balaban J connectivity index is 1.63. The lowest BCUT2D eigenvalue weighted by Crippen LogP contribution is -2.43. The van der Waals surface area contributed by atoms with Gasteiger partial charge in [0, 0.05) is 22.6 Å². The number of carbonyl (C=O) groups is 3. The molecule has 0 saturated carbocycles. The van der Waals surface area contributed by atoms with Gasteiger partial charge in [-0.3, -0.25) is 14.5 Å². The lowest BCUT2D eigenvalue weighted by atomic mass is 9.87. The Labute approximate surface area is 189 Å². The van der Waals surface area contributed by atoms with Crippen molar-refractivity contribution in [3.63, 3.8) is 0 Å². The Hall–Kier alpha value is -3.81. The summed E-state index contributed by atoms with van der Waals surface area (Å²) in [5, 5.41) is 2.69. The number of amides is 3. The first-order valence-corrected chi connectivity index (χ1v) is 10.6. The monoisotopic (exact) mass is 451 g/mol. The molecular weight excluding hydrogens is 428 g/mol. The molecule has 1 aromatic heterocycles. The number of Topliss-reactive ketones (excluding diaryl/α,β-unsaturated/α-hetero) is 1. The van der Waals surface area contributed by atoms with Crippen molar-refractivity contribution in [2.45, 2.75) is 32.7 Å². The molecule has 0 spiro atoms. The Morgan fingerprint density at radius 3 is 2.33 bits per heavy atom. The van der Waals surface area contributed by atoms with Gasteiger partial charge in [0.05, 0.1) is 6.54 Å². The quantitative estimate of drug-likeness (QED) is 0.446. The van der Waals surface area contributed by atoms with E-state index in [2.05, 4.69) is 5.32 Å². The lowest BCUT2D eigenvalue weighted by molar-refractivity contribution is -0.131. The molecule has 6 nitrogen and oxygen atoms in total. The number of ketones is 1. The van der Waals surface area contributed by atoms with E-state index in [0.717, 1.165) is 4.90 Å². The largest absolute Gasteiger partial charge is 0.325 e. The van der Waals surface area contributed by atoms with E-state index in [-0.39, 0.29) is 6.42 Å². The van der Waals surface area contributed by atoms with Gasteiger partial charge in [-0.25, -0.2) is 13.6 Å². The second-order valence-corrected chi connectivity index (χ2v) is 8.11. The zero-order valence-electron chi connectivity index (χ0n) is 18.5. The smallest absolute Gasteiger partial charge is 0.319 e. The average Bonchev–Trinajstić information content (AvgIpc) is 3.22. The first-order chi connectivity index (χ1) is 15.7. The molecule has 1 fully saturated rings. The van der Waals surface area contributed by atoms with Crippen LogP contribution in [0.3, 0.4) is 0 Å². The summed E-state index contributed by atoms with van der Waals surface area (Å²) < 4.78 is 28.8. The third-order valence-corrected chi connectivity index (χ3v) is 6.14. The molecule has 2 aromatic carbocycles. The van der Waals surface area contributed by atoms with Crippen LogP contribution < -0.4 is 5.32 Å². The van der Waals surface area contributed by atoms with Gasteiger partial charge in [-0.15, -0.1) is 0 Å². The molecule has 1 unspecified atom stereocenters. The van der Waals surface area contributed by atoms with Crippen molar-refractivity contribution in [2.24, 2.45) is 0 Å². The van der Waals surface area contributed by atoms with Crippen LogP contribution in [0.1, 0.15) is 40.7 Å². The summed E-state index contributed by atoms with van der Waals surface area (Å²) in [6.07, 6.45) is 0.238. The van der Waals surface area contributed by atoms with Crippen molar-refractivity contribution in [1.82, 2.24) is 14.8 Å². The zero-order chi connectivity index (χ0) is 23.9. The van der Waals surface area contributed by atoms with Gasteiger partial charge in [-0.05, 0) is 62.2 Å². The van der Waals surface area contributed by atoms with Crippen molar-refractivity contribution in [1.29, 1.82) is 0 Å². The van der Waals surface area contributed by atoms with Crippen molar-refractivity contribution in [3.8, 4) is 5.69 Å². The molecule has 2 heterocycles. The number of hydrogen-bond acceptors (Lipinski definition) is 3. The second-order valence-electron chi connectivity index (χ2n) is 8.11. The molecule has 1 N–H and O–H groups in total. The highest BCUT2D eigenvalue weighted by Crippen LogP contribution is 2.33. The van der Waals surface area contributed by atoms with Crippen LogP contribution in [-0.4, -0.2) is 33.7 Å². The highest BCUT2D eigenvalue weighted by molar-refractivity contribution is 6.11. The molecule has 8 heteroatoms. The van der Waals surface area contributed by atoms with Gasteiger partial charge in [-0.1, -0.05) is 25.1 Å². The van der Waals surface area contributed by atoms with Gasteiger partial charge in [0.15, 0.2) is 5.78 Å². The highest BCUT2D eigenvalue weighted by atomic mass is 19.1. The fraction of sp³-hybridized carbons (Fsp3) is 0.240. The van der Waals surface area contributed by atoms with Gasteiger partial charge >= 0.3 is 6.03 Å². The molecule has 0 radical (unpaired) electrons. The van der Waals surface area contributed by atoms with Gasteiger partial charge < -0.3 is 9.88 Å². The van der Waals surface area contributed by atoms with E-state index in [1.165, 1.54) is 36.4 Å². The Morgan fingerprint density at radius 2 is 1.70 bits per heavy atom. The summed E-state index contributed by atoms with van der Waals surface area (Å²) in [5.74, 6) is -1.83. The van der Waals surface area contributed by atoms with E-state index >= 15 is 0 Å². The second kappa shape index (κ2) is 8.27. The Morgan fingerprint density at radius 1 is 1.00 bits per heavy atom. The van der Waals surface area contributed by atoms with Crippen LogP contribution in [-0.2, 0) is 10.3 Å². The third kappa shape index (κ3) is 3.71. The molecule has 4 rings (SSSR count). The Bertz CT molecular complexity index is 1270. The maximum atomic E-state index is 13.7. The third-order valence-electron chi connectivity index (χ3n) is 6.14. The van der Waals surface area contributed by atoms with Gasteiger partial charge in [0.25, 0.3) is 5.91 Å². The molecule has 0 bridgehead atoms. The molecule has 1 aliphatic rings. The van der Waals surface area contributed by atoms with Crippen LogP contribution >= 0.6 is 0 Å². The SMILES string of the molecule is CCC1(c2ccc(F)cc2)NC(=O)N(CC(=O)c2cc(C)n(-c3cccc(F)c3)c2C)C1=O. The Kier molecular flexibility index (Phi) is 5.61. The standard InChI is InChI=1S/C25H23F2N3O3/c1-4-25(17-8-10-18(26)11-9-17)23(32)29(24(33)28-25)14-22(31)21-12-15(2)30(16(21)3)20-7-5-6-19(27)13-20/h5-13H,4,14H2,1-3H3,(H,28,33). The normalized spacial score (nSPS) is 18.0. The van der Waals surface area contributed by atoms with E-state index < -0.39 is 41.4 Å². The van der Waals surface area contributed by atoms with E-state index in [9.17, 15) is 23.2 Å². The molecule has 33 heavy (non-hydrogen) atoms. The van der Waals surface area contributed by atoms with Crippen LogP contribution in [0.5, 0.6) is 0 Å². The number of carbonyl (C=O) groups excluding carboxylic acids is 3. The molecule has 0 aliphatic carbocycles. The maximum absolute atomic E-state index is 13.7. The van der Waals surface area contributed by atoms with Gasteiger partial charge in [0.2, 0.25) is 0 Å². The average molecular weight is 451 g/mol. The summed E-state index contributed by atoms with van der Waals surface area (Å²) in [6.45, 7) is 4.81. The van der Waals surface area contributed by atoms with E-state index in [0.29, 0.717) is 28.2 Å². The van der Waals surface area contributed by atoms with Gasteiger partial charge in [0.1, 0.15) is 17.2 Å². The predicted octanol–water partition coefficient (Wildman–Crippen LogP) is 4.41. The van der Waals surface area contributed by atoms with E-state index in [1.807, 2.05) is 0 Å². The number of imide groups is 1. The first kappa shape index (κ1) is 22.4. The number of benzene rings is 2. The molecule has 1 atom stereocenters. The molecular formula is C25H23F2N3O3. The van der Waals surface area contributed by atoms with Crippen molar-refractivity contribution in [2.75, 3.05) is 6.54 Å². The summed E-state index contributed by atoms with van der Waals surface area (Å²) in [5.41, 5.74) is 1.30. The molecule has 3 amide bonds. The van der Waals surface area contributed by atoms with Crippen molar-refractivity contribution >= 4 is 17.7 Å². The van der Waals surface area contributed by atoms with Crippen LogP contribution in [0.2, 0.25) is 0 Å². The number of nitrogens with zero attached hydrogens (tertiary/aromatic N) is 2. The van der Waals surface area contributed by atoms with Crippen molar-refractivity contribution in [3.05, 3.63) is 88.7 Å². The van der Waals surface area contributed by atoms with Gasteiger partial charge in [-0.2, -0.15) is 0 Å².